The molecule has 0 bridgehead atoms. The lowest BCUT2D eigenvalue weighted by Crippen LogP contribution is -2.17. The van der Waals surface area contributed by atoms with Crippen LogP contribution in [0.1, 0.15) is 56.7 Å². The van der Waals surface area contributed by atoms with Crippen molar-refractivity contribution in [2.45, 2.75) is 40.0 Å². The van der Waals surface area contributed by atoms with Crippen LogP contribution in [0.25, 0.3) is 11.1 Å². The summed E-state index contributed by atoms with van der Waals surface area (Å²) in [6, 6.07) is 25.1. The first-order chi connectivity index (χ1) is 15.8. The molecule has 0 saturated heterocycles. The Hall–Kier alpha value is -3.04. The Morgan fingerprint density at radius 3 is 1.97 bits per heavy atom. The molecule has 0 radical (unpaired) electrons. The molecule has 3 rings (SSSR count). The molecule has 0 heterocycles. The maximum atomic E-state index is 12.2. The average Bonchev–Trinajstić information content (AvgIpc) is 2.78. The van der Waals surface area contributed by atoms with Crippen LogP contribution < -0.4 is 4.74 Å². The molecule has 3 aromatic rings. The van der Waals surface area contributed by atoms with Gasteiger partial charge in [0.25, 0.3) is 0 Å². The molecule has 0 spiro atoms. The van der Waals surface area contributed by atoms with Gasteiger partial charge in [0.05, 0.1) is 6.42 Å². The summed E-state index contributed by atoms with van der Waals surface area (Å²) >= 11 is 6.06. The van der Waals surface area contributed by atoms with E-state index in [1.54, 1.807) is 12.1 Å². The number of alkyl halides is 1. The summed E-state index contributed by atoms with van der Waals surface area (Å²) in [7, 11) is 0. The van der Waals surface area contributed by atoms with E-state index in [1.807, 2.05) is 75.4 Å². The monoisotopic (exact) mass is 462 g/mol. The van der Waals surface area contributed by atoms with Crippen LogP contribution in [0.4, 0.5) is 0 Å². The number of rotatable bonds is 8. The molecule has 4 heteroatoms. The van der Waals surface area contributed by atoms with Gasteiger partial charge in [-0.25, -0.2) is 0 Å². The van der Waals surface area contributed by atoms with Crippen LogP contribution in [0.5, 0.6) is 11.5 Å². The minimum atomic E-state index is -0.239. The van der Waals surface area contributed by atoms with Crippen molar-refractivity contribution in [3.05, 3.63) is 95.6 Å². The van der Waals surface area contributed by atoms with Gasteiger partial charge < -0.3 is 9.84 Å². The van der Waals surface area contributed by atoms with Crippen molar-refractivity contribution in [1.82, 2.24) is 0 Å². The fraction of sp³-hybridized carbons (Fsp3) is 0.276. The Labute approximate surface area is 201 Å². The molecule has 0 aliphatic rings. The fourth-order valence-corrected chi connectivity index (χ4v) is 3.86. The molecule has 0 saturated carbocycles. The van der Waals surface area contributed by atoms with E-state index in [1.165, 1.54) is 5.57 Å². The topological polar surface area (TPSA) is 46.5 Å². The van der Waals surface area contributed by atoms with Gasteiger partial charge >= 0.3 is 5.97 Å². The van der Waals surface area contributed by atoms with Crippen LogP contribution in [-0.2, 0) is 4.79 Å². The average molecular weight is 463 g/mol. The lowest BCUT2D eigenvalue weighted by Gasteiger charge is -2.18. The maximum absolute atomic E-state index is 12.2. The van der Waals surface area contributed by atoms with Gasteiger partial charge in [-0.15, -0.1) is 11.6 Å². The van der Waals surface area contributed by atoms with Gasteiger partial charge in [0.15, 0.2) is 0 Å². The highest BCUT2D eigenvalue weighted by Gasteiger charge is 2.18. The first-order valence-electron chi connectivity index (χ1n) is 11.2. The number of aromatic hydroxyl groups is 1. The fourth-order valence-electron chi connectivity index (χ4n) is 3.73. The van der Waals surface area contributed by atoms with Crippen molar-refractivity contribution in [3.63, 3.8) is 0 Å². The summed E-state index contributed by atoms with van der Waals surface area (Å²) in [5.41, 5.74) is 5.26. The summed E-state index contributed by atoms with van der Waals surface area (Å²) in [5, 5.41) is 9.82. The van der Waals surface area contributed by atoms with Crippen molar-refractivity contribution in [1.29, 1.82) is 0 Å². The Kier molecular flexibility index (Phi) is 8.35. The van der Waals surface area contributed by atoms with Gasteiger partial charge in [0.2, 0.25) is 0 Å². The first kappa shape index (κ1) is 24.6. The third kappa shape index (κ3) is 7.23. The van der Waals surface area contributed by atoms with Crippen LogP contribution in [0.15, 0.2) is 78.9 Å². The number of hydrogen-bond acceptors (Lipinski definition) is 3. The zero-order valence-electron chi connectivity index (χ0n) is 19.5. The van der Waals surface area contributed by atoms with E-state index < -0.39 is 0 Å². The Morgan fingerprint density at radius 1 is 0.848 bits per heavy atom. The molecule has 172 valence electrons. The minimum absolute atomic E-state index is 0.126. The first-order valence-corrected chi connectivity index (χ1v) is 11.8. The number of ether oxygens (including phenoxy) is 1. The van der Waals surface area contributed by atoms with Gasteiger partial charge in [-0.2, -0.15) is 0 Å². The van der Waals surface area contributed by atoms with Crippen LogP contribution in [0.3, 0.4) is 0 Å². The molecule has 3 nitrogen and oxygen atoms in total. The summed E-state index contributed by atoms with van der Waals surface area (Å²) in [4.78, 5) is 12.2. The number of hydrogen-bond donors (Lipinski definition) is 1. The van der Waals surface area contributed by atoms with E-state index in [4.69, 9.17) is 16.3 Å². The SMILES string of the molecule is CC(C)(C)CC(=O)Oc1ccc(/C(=C(/CCCCl)c2ccccc2)c2ccc(O)cc2)cc1. The highest BCUT2D eigenvalue weighted by molar-refractivity contribution is 6.17. The largest absolute Gasteiger partial charge is 0.508 e. The normalized spacial score (nSPS) is 12.2. The second kappa shape index (κ2) is 11.2. The Balaban J connectivity index is 2.05. The van der Waals surface area contributed by atoms with Crippen molar-refractivity contribution in [2.75, 3.05) is 5.88 Å². The number of carbonyl (C=O) groups excluding carboxylic acids is 1. The maximum Gasteiger partial charge on any atom is 0.311 e. The van der Waals surface area contributed by atoms with E-state index in [9.17, 15) is 9.90 Å². The lowest BCUT2D eigenvalue weighted by atomic mass is 9.87. The summed E-state index contributed by atoms with van der Waals surface area (Å²) < 4.78 is 5.55. The predicted octanol–water partition coefficient (Wildman–Crippen LogP) is 7.71. The highest BCUT2D eigenvalue weighted by atomic mass is 35.5. The third-order valence-electron chi connectivity index (χ3n) is 5.19. The van der Waals surface area contributed by atoms with Gasteiger partial charge in [-0.1, -0.05) is 75.4 Å². The highest BCUT2D eigenvalue weighted by Crippen LogP contribution is 2.36. The van der Waals surface area contributed by atoms with E-state index in [0.29, 0.717) is 18.1 Å². The van der Waals surface area contributed by atoms with Crippen LogP contribution in [0.2, 0.25) is 0 Å². The summed E-state index contributed by atoms with van der Waals surface area (Å²) in [5.74, 6) is 1.08. The van der Waals surface area contributed by atoms with Crippen molar-refractivity contribution < 1.29 is 14.6 Å². The number of benzene rings is 3. The van der Waals surface area contributed by atoms with Gasteiger partial charge in [0, 0.05) is 5.88 Å². The minimum Gasteiger partial charge on any atom is -0.508 e. The van der Waals surface area contributed by atoms with E-state index in [2.05, 4.69) is 12.1 Å². The molecule has 0 atom stereocenters. The second-order valence-corrected chi connectivity index (χ2v) is 9.67. The van der Waals surface area contributed by atoms with Crippen LogP contribution >= 0.6 is 11.6 Å². The summed E-state index contributed by atoms with van der Waals surface area (Å²) in [6.45, 7) is 6.04. The molecular formula is C29H31ClO3. The van der Waals surface area contributed by atoms with Gasteiger partial charge in [-0.05, 0) is 70.4 Å². The van der Waals surface area contributed by atoms with Gasteiger partial charge in [-0.3, -0.25) is 4.79 Å². The van der Waals surface area contributed by atoms with Crippen molar-refractivity contribution >= 4 is 28.7 Å². The quantitative estimate of drug-likeness (QED) is 0.161. The molecule has 0 amide bonds. The number of esters is 1. The zero-order valence-corrected chi connectivity index (χ0v) is 20.2. The number of phenols is 1. The van der Waals surface area contributed by atoms with E-state index >= 15 is 0 Å². The van der Waals surface area contributed by atoms with Crippen LogP contribution in [0, 0.1) is 5.41 Å². The number of carbonyl (C=O) groups is 1. The molecule has 3 aromatic carbocycles. The molecule has 33 heavy (non-hydrogen) atoms. The van der Waals surface area contributed by atoms with Crippen molar-refractivity contribution in [2.24, 2.45) is 5.41 Å². The third-order valence-corrected chi connectivity index (χ3v) is 5.46. The standard InChI is InChI=1S/C29H31ClO3/c1-29(2,3)20-27(32)33-25-17-13-23(14-18-25)28(22-11-15-24(31)16-12-22)26(10-7-19-30)21-8-5-4-6-9-21/h4-6,8-9,11-18,31H,7,10,19-20H2,1-3H3/b28-26-. The van der Waals surface area contributed by atoms with Crippen molar-refractivity contribution in [3.8, 4) is 11.5 Å². The lowest BCUT2D eigenvalue weighted by molar-refractivity contribution is -0.136. The molecule has 1 N–H and O–H groups in total. The molecular weight excluding hydrogens is 432 g/mol. The molecule has 0 unspecified atom stereocenters. The molecule has 0 fully saturated rings. The predicted molar refractivity (Wildman–Crippen MR) is 137 cm³/mol. The number of halogens is 1. The second-order valence-electron chi connectivity index (χ2n) is 9.29. The smallest absolute Gasteiger partial charge is 0.311 e. The van der Waals surface area contributed by atoms with E-state index in [-0.39, 0.29) is 17.1 Å². The molecule has 0 aliphatic carbocycles. The molecule has 0 aliphatic heterocycles. The Morgan fingerprint density at radius 2 is 1.42 bits per heavy atom. The zero-order chi connectivity index (χ0) is 23.8. The number of allylic oxidation sites excluding steroid dienone is 1. The van der Waals surface area contributed by atoms with Crippen LogP contribution in [-0.4, -0.2) is 17.0 Å². The Bertz CT molecular complexity index is 1080. The number of phenolic OH excluding ortho intramolecular Hbond substituents is 1. The van der Waals surface area contributed by atoms with Gasteiger partial charge in [0.1, 0.15) is 11.5 Å². The van der Waals surface area contributed by atoms with E-state index in [0.717, 1.165) is 35.1 Å². The summed E-state index contributed by atoms with van der Waals surface area (Å²) in [6.07, 6.45) is 2.01. The molecule has 0 aromatic heterocycles.